The van der Waals surface area contributed by atoms with Crippen LogP contribution in [0.2, 0.25) is 0 Å². The molecule has 0 saturated carbocycles. The van der Waals surface area contributed by atoms with E-state index in [0.29, 0.717) is 13.8 Å². The average Bonchev–Trinajstić information content (AvgIpc) is 1.98. The minimum absolute atomic E-state index is 0.706. The first kappa shape index (κ1) is 15.4. The molecule has 0 spiro atoms. The van der Waals surface area contributed by atoms with Crippen molar-refractivity contribution in [3.63, 3.8) is 0 Å². The van der Waals surface area contributed by atoms with Crippen LogP contribution < -0.4 is 5.73 Å². The van der Waals surface area contributed by atoms with E-state index in [1.807, 2.05) is 0 Å². The van der Waals surface area contributed by atoms with Gasteiger partial charge in [-0.3, -0.25) is 0 Å². The van der Waals surface area contributed by atoms with E-state index in [2.05, 4.69) is 0 Å². The molecule has 1 atom stereocenters. The lowest BCUT2D eigenvalue weighted by molar-refractivity contribution is -0.374. The van der Waals surface area contributed by atoms with Crippen molar-refractivity contribution in [2.24, 2.45) is 5.73 Å². The predicted octanol–water partition coefficient (Wildman–Crippen LogP) is 1.92. The molecule has 1 unspecified atom stereocenters. The quantitative estimate of drug-likeness (QED) is 0.759. The van der Waals surface area contributed by atoms with E-state index in [1.54, 1.807) is 0 Å². The fraction of sp³-hybridized carbons (Fsp3) is 1.00. The fourth-order valence-electron chi connectivity index (χ4n) is 0.828. The van der Waals surface area contributed by atoms with E-state index in [4.69, 9.17) is 10.8 Å². The smallest absolute Gasteiger partial charge is 0.385 e. The van der Waals surface area contributed by atoms with Gasteiger partial charge in [0.05, 0.1) is 0 Å². The van der Waals surface area contributed by atoms with Crippen molar-refractivity contribution in [1.29, 1.82) is 0 Å². The Morgan fingerprint density at radius 3 is 1.44 bits per heavy atom. The molecule has 0 aromatic rings. The Morgan fingerprint density at radius 1 is 0.938 bits per heavy atom. The molecule has 16 heavy (non-hydrogen) atoms. The molecule has 9 heteroatoms. The Morgan fingerprint density at radius 2 is 1.25 bits per heavy atom. The Balaban J connectivity index is 5.37. The van der Waals surface area contributed by atoms with Crippen molar-refractivity contribution in [1.82, 2.24) is 0 Å². The van der Waals surface area contributed by atoms with Crippen LogP contribution in [0.4, 0.5) is 30.7 Å². The van der Waals surface area contributed by atoms with Crippen molar-refractivity contribution in [2.75, 3.05) is 0 Å². The van der Waals surface area contributed by atoms with Crippen LogP contribution in [0.1, 0.15) is 13.8 Å². The molecule has 98 valence electrons. The van der Waals surface area contributed by atoms with Gasteiger partial charge in [-0.25, -0.2) is 0 Å². The van der Waals surface area contributed by atoms with Crippen LogP contribution in [0.3, 0.4) is 0 Å². The number of rotatable bonds is 3. The first-order valence-corrected chi connectivity index (χ1v) is 3.95. The van der Waals surface area contributed by atoms with E-state index in [1.165, 1.54) is 0 Å². The van der Waals surface area contributed by atoms with Gasteiger partial charge in [-0.2, -0.15) is 30.7 Å². The summed E-state index contributed by atoms with van der Waals surface area (Å²) in [6.07, 6.45) is -9.81. The maximum Gasteiger partial charge on any atom is 0.459 e. The highest BCUT2D eigenvalue weighted by Gasteiger charge is 2.76. The number of nitrogens with two attached hydrogens (primary N) is 1. The highest BCUT2D eigenvalue weighted by molar-refractivity contribution is 5.02. The van der Waals surface area contributed by atoms with Crippen LogP contribution >= 0.6 is 0 Å². The van der Waals surface area contributed by atoms with Crippen molar-refractivity contribution >= 4 is 0 Å². The van der Waals surface area contributed by atoms with E-state index >= 15 is 0 Å². The zero-order valence-corrected chi connectivity index (χ0v) is 8.25. The highest BCUT2D eigenvalue weighted by Crippen LogP contribution is 2.49. The molecule has 0 saturated heterocycles. The van der Waals surface area contributed by atoms with Crippen LogP contribution in [-0.2, 0) is 0 Å². The second kappa shape index (κ2) is 3.73. The van der Waals surface area contributed by atoms with E-state index < -0.39 is 29.7 Å². The lowest BCUT2D eigenvalue weighted by atomic mass is 9.90. The summed E-state index contributed by atoms with van der Waals surface area (Å²) in [7, 11) is 0. The first-order chi connectivity index (χ1) is 6.65. The maximum atomic E-state index is 12.8. The molecule has 0 aromatic carbocycles. The molecule has 0 amide bonds. The second-order valence-electron chi connectivity index (χ2n) is 3.92. The monoisotopic (exact) mass is 257 g/mol. The number of alkyl halides is 7. The topological polar surface area (TPSA) is 46.2 Å². The van der Waals surface area contributed by atoms with Gasteiger partial charge in [-0.15, -0.1) is 0 Å². The molecule has 0 rings (SSSR count). The molecule has 2 nitrogen and oxygen atoms in total. The molecule has 0 heterocycles. The molecule has 0 bridgehead atoms. The van der Waals surface area contributed by atoms with Gasteiger partial charge >= 0.3 is 18.0 Å². The van der Waals surface area contributed by atoms with Crippen molar-refractivity contribution in [3.8, 4) is 0 Å². The molecule has 3 N–H and O–H groups in total. The Hall–Kier alpha value is -0.570. The Kier molecular flexibility index (Phi) is 3.59. The minimum atomic E-state index is -6.47. The summed E-state index contributed by atoms with van der Waals surface area (Å²) in [6, 6.07) is 0. The molecule has 0 radical (unpaired) electrons. The normalized spacial score (nSPS) is 17.4. The summed E-state index contributed by atoms with van der Waals surface area (Å²) in [5.74, 6) is -12.1. The summed E-state index contributed by atoms with van der Waals surface area (Å²) in [5, 5.41) is 8.76. The van der Waals surface area contributed by atoms with Crippen molar-refractivity contribution in [2.45, 2.75) is 43.5 Å². The number of halogens is 7. The van der Waals surface area contributed by atoms with Gasteiger partial charge in [-0.1, -0.05) is 0 Å². The zero-order chi connectivity index (χ0) is 13.6. The average molecular weight is 257 g/mol. The summed E-state index contributed by atoms with van der Waals surface area (Å²) >= 11 is 0. The van der Waals surface area contributed by atoms with Crippen LogP contribution in [0.5, 0.6) is 0 Å². The van der Waals surface area contributed by atoms with Gasteiger partial charge in [0.15, 0.2) is 0 Å². The van der Waals surface area contributed by atoms with Crippen LogP contribution in [0.25, 0.3) is 0 Å². The largest absolute Gasteiger partial charge is 0.459 e. The van der Waals surface area contributed by atoms with E-state index in [0.717, 1.165) is 0 Å². The number of hydrogen-bond donors (Lipinski definition) is 2. The van der Waals surface area contributed by atoms with Gasteiger partial charge < -0.3 is 10.8 Å². The third-order valence-corrected chi connectivity index (χ3v) is 1.82. The minimum Gasteiger partial charge on any atom is -0.385 e. The summed E-state index contributed by atoms with van der Waals surface area (Å²) < 4.78 is 85.5. The predicted molar refractivity (Wildman–Crippen MR) is 40.2 cm³/mol. The molecule has 0 aliphatic heterocycles. The van der Waals surface area contributed by atoms with E-state index in [-0.39, 0.29) is 0 Å². The number of aliphatic hydroxyl groups is 1. The number of hydrogen-bond acceptors (Lipinski definition) is 2. The fourth-order valence-corrected chi connectivity index (χ4v) is 0.828. The van der Waals surface area contributed by atoms with Crippen molar-refractivity contribution in [3.05, 3.63) is 0 Å². The maximum absolute atomic E-state index is 12.8. The lowest BCUT2D eigenvalue weighted by Crippen LogP contribution is -2.65. The van der Waals surface area contributed by atoms with Gasteiger partial charge in [0, 0.05) is 5.54 Å². The molecular weight excluding hydrogens is 247 g/mol. The molecule has 0 fully saturated rings. The summed E-state index contributed by atoms with van der Waals surface area (Å²) in [5.41, 5.74) is 2.57. The third kappa shape index (κ3) is 2.40. The van der Waals surface area contributed by atoms with Crippen LogP contribution in [0.15, 0.2) is 0 Å². The van der Waals surface area contributed by atoms with Gasteiger partial charge in [0.2, 0.25) is 0 Å². The van der Waals surface area contributed by atoms with Crippen molar-refractivity contribution < 1.29 is 35.8 Å². The van der Waals surface area contributed by atoms with Gasteiger partial charge in [-0.05, 0) is 13.8 Å². The van der Waals surface area contributed by atoms with Gasteiger partial charge in [0.1, 0.15) is 6.10 Å². The van der Waals surface area contributed by atoms with Crippen LogP contribution in [0, 0.1) is 0 Å². The Bertz CT molecular complexity index is 254. The SMILES string of the molecule is CC(C)(N)C(O)C(F)(F)C(F)(F)C(F)(F)F. The second-order valence-corrected chi connectivity index (χ2v) is 3.92. The molecule has 0 aliphatic carbocycles. The molecule has 0 aliphatic rings. The van der Waals surface area contributed by atoms with Crippen LogP contribution in [-0.4, -0.2) is 34.8 Å². The van der Waals surface area contributed by atoms with E-state index in [9.17, 15) is 30.7 Å². The highest BCUT2D eigenvalue weighted by atomic mass is 19.4. The number of aliphatic hydroxyl groups excluding tert-OH is 1. The lowest BCUT2D eigenvalue weighted by Gasteiger charge is -2.37. The molecular formula is C7H10F7NO. The first-order valence-electron chi connectivity index (χ1n) is 3.95. The third-order valence-electron chi connectivity index (χ3n) is 1.82. The van der Waals surface area contributed by atoms with Gasteiger partial charge in [0.25, 0.3) is 0 Å². The summed E-state index contributed by atoms with van der Waals surface area (Å²) in [4.78, 5) is 0. The summed E-state index contributed by atoms with van der Waals surface area (Å²) in [6.45, 7) is 1.41. The molecule has 0 aromatic heterocycles. The standard InChI is InChI=1S/C7H10F7NO/c1-4(2,15)3(16)5(8,9)6(10,11)7(12,13)14/h3,16H,15H2,1-2H3. The zero-order valence-electron chi connectivity index (χ0n) is 8.25. The Labute approximate surface area is 86.2 Å².